The third-order valence-corrected chi connectivity index (χ3v) is 6.35. The molecule has 1 nitrogen and oxygen atoms in total. The van der Waals surface area contributed by atoms with Crippen LogP contribution < -0.4 is 0 Å². The molecular formula is C15H14Br2OS. The van der Waals surface area contributed by atoms with Crippen molar-refractivity contribution in [2.24, 2.45) is 0 Å². The van der Waals surface area contributed by atoms with E-state index < -0.39 is 0 Å². The van der Waals surface area contributed by atoms with Gasteiger partial charge in [0.2, 0.25) is 5.78 Å². The second-order valence-corrected chi connectivity index (χ2v) is 7.48. The van der Waals surface area contributed by atoms with E-state index in [9.17, 15) is 4.79 Å². The first kappa shape index (κ1) is 14.9. The van der Waals surface area contributed by atoms with Gasteiger partial charge in [0.05, 0.1) is 8.66 Å². The van der Waals surface area contributed by atoms with Crippen LogP contribution in [0.1, 0.15) is 40.2 Å². The Morgan fingerprint density at radius 1 is 1.11 bits per heavy atom. The molecule has 0 fully saturated rings. The van der Waals surface area contributed by atoms with Crippen LogP contribution in [0.25, 0.3) is 0 Å². The van der Waals surface area contributed by atoms with Crippen LogP contribution in [0, 0.1) is 0 Å². The fourth-order valence-corrected chi connectivity index (χ4v) is 4.04. The molecule has 4 heteroatoms. The molecule has 0 aliphatic carbocycles. The molecule has 2 rings (SSSR count). The van der Waals surface area contributed by atoms with Gasteiger partial charge in [0, 0.05) is 10.0 Å². The van der Waals surface area contributed by atoms with Crippen molar-refractivity contribution < 1.29 is 4.79 Å². The zero-order valence-electron chi connectivity index (χ0n) is 10.8. The summed E-state index contributed by atoms with van der Waals surface area (Å²) in [5, 5.41) is 0. The van der Waals surface area contributed by atoms with Crippen molar-refractivity contribution in [2.45, 2.75) is 26.7 Å². The van der Waals surface area contributed by atoms with Crippen molar-refractivity contribution in [1.82, 2.24) is 0 Å². The highest BCUT2D eigenvalue weighted by Gasteiger charge is 2.15. The molecule has 100 valence electrons. The topological polar surface area (TPSA) is 17.1 Å². The van der Waals surface area contributed by atoms with Crippen LogP contribution in [-0.2, 0) is 12.8 Å². The number of halogens is 2. The number of hydrogen-bond donors (Lipinski definition) is 0. The summed E-state index contributed by atoms with van der Waals surface area (Å²) in [4.78, 5) is 13.2. The summed E-state index contributed by atoms with van der Waals surface area (Å²) in [5.74, 6) is 0.0914. The SMILES string of the molecule is CCc1ccc(C(=O)c2cc(Br)c(Br)s2)cc1CC. The van der Waals surface area contributed by atoms with E-state index in [2.05, 4.69) is 51.8 Å². The van der Waals surface area contributed by atoms with Gasteiger partial charge in [-0.1, -0.05) is 26.0 Å². The summed E-state index contributed by atoms with van der Waals surface area (Å²) in [5.41, 5.74) is 3.37. The fourth-order valence-electron chi connectivity index (χ4n) is 2.04. The predicted octanol–water partition coefficient (Wildman–Crippen LogP) is 5.63. The van der Waals surface area contributed by atoms with E-state index in [1.165, 1.54) is 22.5 Å². The van der Waals surface area contributed by atoms with Crippen LogP contribution in [-0.4, -0.2) is 5.78 Å². The molecule has 0 atom stereocenters. The highest BCUT2D eigenvalue weighted by atomic mass is 79.9. The largest absolute Gasteiger partial charge is 0.288 e. The molecule has 0 aliphatic heterocycles. The Balaban J connectivity index is 2.39. The van der Waals surface area contributed by atoms with Crippen LogP contribution in [0.2, 0.25) is 0 Å². The molecule has 0 bridgehead atoms. The number of ketones is 1. The van der Waals surface area contributed by atoms with Crippen molar-refractivity contribution >= 4 is 49.0 Å². The molecule has 0 radical (unpaired) electrons. The summed E-state index contributed by atoms with van der Waals surface area (Å²) in [6.07, 6.45) is 1.97. The lowest BCUT2D eigenvalue weighted by molar-refractivity contribution is 0.104. The number of hydrogen-bond acceptors (Lipinski definition) is 2. The Bertz CT molecular complexity index is 597. The maximum absolute atomic E-state index is 12.4. The van der Waals surface area contributed by atoms with Gasteiger partial charge in [-0.3, -0.25) is 4.79 Å². The van der Waals surface area contributed by atoms with Crippen LogP contribution in [0.15, 0.2) is 32.5 Å². The second kappa shape index (κ2) is 6.33. The Hall–Kier alpha value is -0.450. The lowest BCUT2D eigenvalue weighted by Crippen LogP contribution is -2.01. The molecule has 0 saturated heterocycles. The molecule has 0 amide bonds. The first-order valence-corrected chi connectivity index (χ1v) is 8.58. The zero-order valence-corrected chi connectivity index (χ0v) is 14.8. The minimum absolute atomic E-state index is 0.0914. The lowest BCUT2D eigenvalue weighted by atomic mass is 9.98. The maximum atomic E-state index is 12.4. The van der Waals surface area contributed by atoms with Gasteiger partial charge in [-0.2, -0.15) is 0 Å². The summed E-state index contributed by atoms with van der Waals surface area (Å²) in [6, 6.07) is 7.91. The molecule has 19 heavy (non-hydrogen) atoms. The molecule has 0 N–H and O–H groups in total. The number of benzene rings is 1. The van der Waals surface area contributed by atoms with Crippen molar-refractivity contribution in [3.05, 3.63) is 54.1 Å². The molecule has 1 aromatic carbocycles. The van der Waals surface area contributed by atoms with Crippen LogP contribution >= 0.6 is 43.2 Å². The van der Waals surface area contributed by atoms with Crippen LogP contribution in [0.4, 0.5) is 0 Å². The quantitative estimate of drug-likeness (QED) is 0.606. The van der Waals surface area contributed by atoms with Gasteiger partial charge in [0.25, 0.3) is 0 Å². The Morgan fingerprint density at radius 2 is 1.79 bits per heavy atom. The smallest absolute Gasteiger partial charge is 0.203 e. The van der Waals surface area contributed by atoms with Gasteiger partial charge in [-0.15, -0.1) is 11.3 Å². The predicted molar refractivity (Wildman–Crippen MR) is 88.3 cm³/mol. The van der Waals surface area contributed by atoms with E-state index in [0.29, 0.717) is 0 Å². The van der Waals surface area contributed by atoms with E-state index in [1.807, 2.05) is 18.2 Å². The van der Waals surface area contributed by atoms with Gasteiger partial charge >= 0.3 is 0 Å². The normalized spacial score (nSPS) is 10.7. The summed E-state index contributed by atoms with van der Waals surface area (Å²) < 4.78 is 1.89. The van der Waals surface area contributed by atoms with E-state index in [1.54, 1.807) is 0 Å². The number of carbonyl (C=O) groups is 1. The summed E-state index contributed by atoms with van der Waals surface area (Å²) >= 11 is 8.31. The average Bonchev–Trinajstić information content (AvgIpc) is 2.77. The zero-order chi connectivity index (χ0) is 14.0. The minimum atomic E-state index is 0.0914. The monoisotopic (exact) mass is 400 g/mol. The van der Waals surface area contributed by atoms with Gasteiger partial charge in [0.1, 0.15) is 0 Å². The molecule has 0 spiro atoms. The van der Waals surface area contributed by atoms with Crippen molar-refractivity contribution in [2.75, 3.05) is 0 Å². The number of thiophene rings is 1. The highest BCUT2D eigenvalue weighted by molar-refractivity contribution is 9.13. The molecule has 0 aliphatic rings. The van der Waals surface area contributed by atoms with Gasteiger partial charge in [0.15, 0.2) is 0 Å². The molecule has 2 aromatic rings. The molecular weight excluding hydrogens is 388 g/mol. The van der Waals surface area contributed by atoms with Gasteiger partial charge in [-0.25, -0.2) is 0 Å². The lowest BCUT2D eigenvalue weighted by Gasteiger charge is -2.07. The summed E-state index contributed by atoms with van der Waals surface area (Å²) in [7, 11) is 0. The molecule has 0 unspecified atom stereocenters. The summed E-state index contributed by atoms with van der Waals surface area (Å²) in [6.45, 7) is 4.27. The van der Waals surface area contributed by atoms with Gasteiger partial charge < -0.3 is 0 Å². The van der Waals surface area contributed by atoms with Crippen LogP contribution in [0.5, 0.6) is 0 Å². The second-order valence-electron chi connectivity index (χ2n) is 4.25. The molecule has 1 aromatic heterocycles. The standard InChI is InChI=1S/C15H14Br2OS/c1-3-9-5-6-11(7-10(9)4-2)14(18)13-8-12(16)15(17)19-13/h5-8H,3-4H2,1-2H3. The van der Waals surface area contributed by atoms with Crippen molar-refractivity contribution in [3.8, 4) is 0 Å². The minimum Gasteiger partial charge on any atom is -0.288 e. The van der Waals surface area contributed by atoms with Crippen molar-refractivity contribution in [1.29, 1.82) is 0 Å². The maximum Gasteiger partial charge on any atom is 0.203 e. The third-order valence-electron chi connectivity index (χ3n) is 3.10. The third kappa shape index (κ3) is 3.18. The van der Waals surface area contributed by atoms with Crippen LogP contribution in [0.3, 0.4) is 0 Å². The van der Waals surface area contributed by atoms with Gasteiger partial charge in [-0.05, 0) is 68.0 Å². The number of carbonyl (C=O) groups excluding carboxylic acids is 1. The van der Waals surface area contributed by atoms with E-state index >= 15 is 0 Å². The molecule has 1 heterocycles. The van der Waals surface area contributed by atoms with E-state index in [4.69, 9.17) is 0 Å². The van der Waals surface area contributed by atoms with Crippen molar-refractivity contribution in [3.63, 3.8) is 0 Å². The first-order valence-electron chi connectivity index (χ1n) is 6.18. The van der Waals surface area contributed by atoms with E-state index in [0.717, 1.165) is 31.5 Å². The number of aryl methyl sites for hydroxylation is 2. The fraction of sp³-hybridized carbons (Fsp3) is 0.267. The van der Waals surface area contributed by atoms with E-state index in [-0.39, 0.29) is 5.78 Å². The Labute approximate surface area is 134 Å². The average molecular weight is 402 g/mol. The highest BCUT2D eigenvalue weighted by Crippen LogP contribution is 2.33. The number of rotatable bonds is 4. The Kier molecular flexibility index (Phi) is 4.98. The Morgan fingerprint density at radius 3 is 2.32 bits per heavy atom. The first-order chi connectivity index (χ1) is 9.06. The molecule has 0 saturated carbocycles.